The second kappa shape index (κ2) is 3.90. The molecule has 0 rings (SSSR count). The third kappa shape index (κ3) is 4.19. The van der Waals surface area contributed by atoms with Crippen LogP contribution in [0.25, 0.3) is 0 Å². The molecule has 0 heterocycles. The normalized spacial score (nSPS) is 18.0. The monoisotopic (exact) mass is 173 g/mol. The fourth-order valence-corrected chi connectivity index (χ4v) is 0.562. The molecule has 0 aromatic carbocycles. The second-order valence-corrected chi connectivity index (χ2v) is 2.43. The second-order valence-electron chi connectivity index (χ2n) is 2.43. The lowest BCUT2D eigenvalue weighted by Crippen LogP contribution is -2.32. The summed E-state index contributed by atoms with van der Waals surface area (Å²) in [4.78, 5) is 0. The van der Waals surface area contributed by atoms with Gasteiger partial charge in [0.2, 0.25) is 0 Å². The molecular weight excluding hydrogens is 162 g/mol. The Labute approximate surface area is 62.8 Å². The summed E-state index contributed by atoms with van der Waals surface area (Å²) in [5.74, 6) is 0. The van der Waals surface area contributed by atoms with E-state index in [1.807, 2.05) is 0 Å². The molecule has 0 aromatic rings. The summed E-state index contributed by atoms with van der Waals surface area (Å²) in [6.07, 6.45) is -7.96. The Hall–Kier alpha value is -0.320. The van der Waals surface area contributed by atoms with Crippen molar-refractivity contribution in [2.24, 2.45) is 0 Å². The molecule has 0 bridgehead atoms. The number of hydrogen-bond donors (Lipinski definition) is 1. The van der Waals surface area contributed by atoms with Gasteiger partial charge in [0, 0.05) is 12.5 Å². The van der Waals surface area contributed by atoms with E-state index in [-0.39, 0.29) is 0 Å². The van der Waals surface area contributed by atoms with E-state index in [0.717, 1.165) is 0 Å². The summed E-state index contributed by atoms with van der Waals surface area (Å²) in [5.41, 5.74) is 0. The van der Waals surface area contributed by atoms with Gasteiger partial charge in [-0.3, -0.25) is 0 Å². The highest BCUT2D eigenvalue weighted by Gasteiger charge is 2.40. The van der Waals surface area contributed by atoms with Gasteiger partial charge in [0.1, 0.15) is 0 Å². The Kier molecular flexibility index (Phi) is 3.78. The molecular formula is C6H11F4N. The van der Waals surface area contributed by atoms with Gasteiger partial charge < -0.3 is 5.32 Å². The zero-order valence-electron chi connectivity index (χ0n) is 6.37. The van der Waals surface area contributed by atoms with Crippen molar-refractivity contribution in [3.63, 3.8) is 0 Å². The molecule has 0 saturated carbocycles. The topological polar surface area (TPSA) is 12.0 Å². The van der Waals surface area contributed by atoms with E-state index in [1.165, 1.54) is 14.0 Å². The van der Waals surface area contributed by atoms with Crippen LogP contribution >= 0.6 is 0 Å². The molecule has 0 saturated heterocycles. The molecule has 11 heavy (non-hydrogen) atoms. The Bertz CT molecular complexity index is 112. The van der Waals surface area contributed by atoms with Crippen LogP contribution < -0.4 is 5.32 Å². The first-order valence-electron chi connectivity index (χ1n) is 3.26. The van der Waals surface area contributed by atoms with Gasteiger partial charge in [0.25, 0.3) is 0 Å². The van der Waals surface area contributed by atoms with E-state index in [4.69, 9.17) is 0 Å². The smallest absolute Gasteiger partial charge is 0.317 e. The van der Waals surface area contributed by atoms with Gasteiger partial charge in [-0.2, -0.15) is 13.2 Å². The van der Waals surface area contributed by atoms with Crippen LogP contribution in [0.5, 0.6) is 0 Å². The third-order valence-electron chi connectivity index (χ3n) is 1.41. The zero-order valence-corrected chi connectivity index (χ0v) is 6.37. The van der Waals surface area contributed by atoms with Gasteiger partial charge in [-0.15, -0.1) is 0 Å². The standard InChI is InChI=1S/C6H11F4N/c1-4(11-2)3-5(7)6(8,9)10/h4-5,11H,3H2,1-2H3. The summed E-state index contributed by atoms with van der Waals surface area (Å²) in [6.45, 7) is 1.50. The van der Waals surface area contributed by atoms with E-state index >= 15 is 0 Å². The first-order valence-corrected chi connectivity index (χ1v) is 3.26. The van der Waals surface area contributed by atoms with Crippen molar-refractivity contribution >= 4 is 0 Å². The molecule has 0 aliphatic rings. The summed E-state index contributed by atoms with van der Waals surface area (Å²) in [6, 6.07) is -0.452. The maximum absolute atomic E-state index is 12.2. The summed E-state index contributed by atoms with van der Waals surface area (Å²) in [7, 11) is 1.49. The largest absolute Gasteiger partial charge is 0.419 e. The van der Waals surface area contributed by atoms with Crippen LogP contribution in [-0.4, -0.2) is 25.4 Å². The van der Waals surface area contributed by atoms with Crippen LogP contribution in [-0.2, 0) is 0 Å². The Balaban J connectivity index is 3.77. The zero-order chi connectivity index (χ0) is 9.07. The van der Waals surface area contributed by atoms with Crippen molar-refractivity contribution in [1.82, 2.24) is 5.32 Å². The number of nitrogens with one attached hydrogen (secondary N) is 1. The molecule has 0 amide bonds. The lowest BCUT2D eigenvalue weighted by molar-refractivity contribution is -0.183. The molecule has 5 heteroatoms. The molecule has 0 spiro atoms. The average Bonchev–Trinajstić information content (AvgIpc) is 1.85. The predicted octanol–water partition coefficient (Wildman–Crippen LogP) is 1.88. The maximum Gasteiger partial charge on any atom is 0.419 e. The average molecular weight is 173 g/mol. The van der Waals surface area contributed by atoms with Crippen molar-refractivity contribution in [1.29, 1.82) is 0 Å². The molecule has 2 unspecified atom stereocenters. The van der Waals surface area contributed by atoms with Crippen molar-refractivity contribution < 1.29 is 17.6 Å². The van der Waals surface area contributed by atoms with Gasteiger partial charge in [0.05, 0.1) is 0 Å². The van der Waals surface area contributed by atoms with E-state index in [2.05, 4.69) is 5.32 Å². The van der Waals surface area contributed by atoms with Crippen LogP contribution in [0.15, 0.2) is 0 Å². The lowest BCUT2D eigenvalue weighted by Gasteiger charge is -2.16. The molecule has 2 atom stereocenters. The van der Waals surface area contributed by atoms with Crippen molar-refractivity contribution in [3.05, 3.63) is 0 Å². The Morgan fingerprint density at radius 2 is 1.82 bits per heavy atom. The maximum atomic E-state index is 12.2. The summed E-state index contributed by atoms with van der Waals surface area (Å²) < 4.78 is 46.8. The number of halogens is 4. The highest BCUT2D eigenvalue weighted by atomic mass is 19.4. The van der Waals surface area contributed by atoms with E-state index in [9.17, 15) is 17.6 Å². The highest BCUT2D eigenvalue weighted by molar-refractivity contribution is 4.71. The molecule has 0 aliphatic carbocycles. The van der Waals surface area contributed by atoms with E-state index in [1.54, 1.807) is 0 Å². The molecule has 1 nitrogen and oxygen atoms in total. The van der Waals surface area contributed by atoms with E-state index < -0.39 is 24.8 Å². The van der Waals surface area contributed by atoms with Crippen LogP contribution in [0.4, 0.5) is 17.6 Å². The minimum absolute atomic E-state index is 0.452. The first kappa shape index (κ1) is 10.7. The van der Waals surface area contributed by atoms with Gasteiger partial charge in [0.15, 0.2) is 6.17 Å². The Morgan fingerprint density at radius 1 is 1.36 bits per heavy atom. The van der Waals surface area contributed by atoms with Crippen LogP contribution in [0.3, 0.4) is 0 Å². The van der Waals surface area contributed by atoms with E-state index in [0.29, 0.717) is 0 Å². The highest BCUT2D eigenvalue weighted by Crippen LogP contribution is 2.25. The summed E-state index contributed by atoms with van der Waals surface area (Å²) >= 11 is 0. The summed E-state index contributed by atoms with van der Waals surface area (Å²) in [5, 5.41) is 2.53. The van der Waals surface area contributed by atoms with Crippen molar-refractivity contribution in [3.8, 4) is 0 Å². The number of hydrogen-bond acceptors (Lipinski definition) is 1. The van der Waals surface area contributed by atoms with Gasteiger partial charge in [-0.05, 0) is 14.0 Å². The van der Waals surface area contributed by atoms with Gasteiger partial charge in [-0.1, -0.05) is 0 Å². The molecule has 0 radical (unpaired) electrons. The number of alkyl halides is 4. The predicted molar refractivity (Wildman–Crippen MR) is 34.1 cm³/mol. The minimum atomic E-state index is -4.72. The SMILES string of the molecule is CNC(C)CC(F)C(F)(F)F. The van der Waals surface area contributed by atoms with Crippen molar-refractivity contribution in [2.75, 3.05) is 7.05 Å². The van der Waals surface area contributed by atoms with Crippen LogP contribution in [0.2, 0.25) is 0 Å². The molecule has 68 valence electrons. The van der Waals surface area contributed by atoms with Gasteiger partial charge in [-0.25, -0.2) is 4.39 Å². The fraction of sp³-hybridized carbons (Fsp3) is 1.00. The van der Waals surface area contributed by atoms with Gasteiger partial charge >= 0.3 is 6.18 Å². The van der Waals surface area contributed by atoms with Crippen LogP contribution in [0, 0.1) is 0 Å². The molecule has 0 aliphatic heterocycles. The fourth-order valence-electron chi connectivity index (χ4n) is 0.562. The minimum Gasteiger partial charge on any atom is -0.317 e. The first-order chi connectivity index (χ1) is 4.88. The lowest BCUT2D eigenvalue weighted by atomic mass is 10.1. The Morgan fingerprint density at radius 3 is 2.09 bits per heavy atom. The van der Waals surface area contributed by atoms with Crippen molar-refractivity contribution in [2.45, 2.75) is 31.7 Å². The molecule has 0 fully saturated rings. The van der Waals surface area contributed by atoms with Crippen LogP contribution in [0.1, 0.15) is 13.3 Å². The third-order valence-corrected chi connectivity index (χ3v) is 1.41. The molecule has 0 aromatic heterocycles. The molecule has 1 N–H and O–H groups in total. The quantitative estimate of drug-likeness (QED) is 0.642. The number of rotatable bonds is 3.